The molecule has 23 heavy (non-hydrogen) atoms. The molecule has 0 aliphatic heterocycles. The lowest BCUT2D eigenvalue weighted by Crippen LogP contribution is -2.39. The second-order valence-electron chi connectivity index (χ2n) is 5.77. The number of nitrogens with one attached hydrogen (secondary N) is 2. The molecule has 6 heteroatoms. The predicted molar refractivity (Wildman–Crippen MR) is 96.1 cm³/mol. The van der Waals surface area contributed by atoms with Gasteiger partial charge in [-0.05, 0) is 38.7 Å². The Labute approximate surface area is 140 Å². The van der Waals surface area contributed by atoms with Gasteiger partial charge < -0.3 is 15.4 Å². The summed E-state index contributed by atoms with van der Waals surface area (Å²) in [5.41, 5.74) is 3.66. The first kappa shape index (κ1) is 19.5. The van der Waals surface area contributed by atoms with Gasteiger partial charge in [-0.2, -0.15) is 5.10 Å². The Balaban J connectivity index is 2.19. The molecule has 0 fully saturated rings. The number of hydrogen-bond donors (Lipinski definition) is 2. The van der Waals surface area contributed by atoms with Crippen molar-refractivity contribution in [2.75, 3.05) is 33.4 Å². The van der Waals surface area contributed by atoms with Crippen LogP contribution in [0.3, 0.4) is 0 Å². The van der Waals surface area contributed by atoms with Gasteiger partial charge >= 0.3 is 0 Å². The molecule has 0 saturated heterocycles. The van der Waals surface area contributed by atoms with Gasteiger partial charge in [0.1, 0.15) is 0 Å². The maximum absolute atomic E-state index is 5.55. The minimum absolute atomic E-state index is 0.804. The first-order chi connectivity index (χ1) is 11.1. The molecular formula is C17H33N5O. The Morgan fingerprint density at radius 3 is 2.48 bits per heavy atom. The number of nitrogens with zero attached hydrogens (tertiary/aromatic N) is 3. The topological polar surface area (TPSA) is 63.5 Å². The van der Waals surface area contributed by atoms with Crippen molar-refractivity contribution in [3.8, 4) is 0 Å². The number of rotatable bonds is 10. The van der Waals surface area contributed by atoms with Gasteiger partial charge in [-0.25, -0.2) is 0 Å². The maximum atomic E-state index is 5.55. The fraction of sp³-hybridized carbons (Fsp3) is 0.765. The Hall–Kier alpha value is -1.56. The van der Waals surface area contributed by atoms with Crippen molar-refractivity contribution < 1.29 is 4.74 Å². The van der Waals surface area contributed by atoms with Crippen LogP contribution in [0.4, 0.5) is 0 Å². The summed E-state index contributed by atoms with van der Waals surface area (Å²) >= 11 is 0. The molecule has 1 heterocycles. The molecule has 0 unspecified atom stereocenters. The standard InChI is InChI=1S/C17H33N5O/c1-6-7-12-23-13-8-10-19-17(18-4)20-11-9-16-14(2)21-22(5)15(16)3/h6-13H2,1-5H3,(H2,18,19,20). The van der Waals surface area contributed by atoms with Crippen LogP contribution < -0.4 is 10.6 Å². The summed E-state index contributed by atoms with van der Waals surface area (Å²) in [6.07, 6.45) is 4.27. The minimum atomic E-state index is 0.804. The van der Waals surface area contributed by atoms with Gasteiger partial charge in [-0.3, -0.25) is 9.67 Å². The van der Waals surface area contributed by atoms with E-state index in [-0.39, 0.29) is 0 Å². The SMILES string of the molecule is CCCCOCCCNC(=NC)NCCc1c(C)nn(C)c1C. The smallest absolute Gasteiger partial charge is 0.190 e. The molecule has 132 valence electrons. The fourth-order valence-corrected chi connectivity index (χ4v) is 2.44. The van der Waals surface area contributed by atoms with E-state index in [4.69, 9.17) is 4.74 Å². The maximum Gasteiger partial charge on any atom is 0.190 e. The zero-order chi connectivity index (χ0) is 17.1. The van der Waals surface area contributed by atoms with Gasteiger partial charge in [-0.15, -0.1) is 0 Å². The minimum Gasteiger partial charge on any atom is -0.381 e. The van der Waals surface area contributed by atoms with Gasteiger partial charge in [0, 0.05) is 46.1 Å². The lowest BCUT2D eigenvalue weighted by atomic mass is 10.1. The molecule has 2 N–H and O–H groups in total. The number of hydrogen-bond acceptors (Lipinski definition) is 3. The van der Waals surface area contributed by atoms with Crippen molar-refractivity contribution in [3.05, 3.63) is 17.0 Å². The van der Waals surface area contributed by atoms with Crippen LogP contribution in [-0.4, -0.2) is 49.1 Å². The van der Waals surface area contributed by atoms with E-state index in [0.29, 0.717) is 0 Å². The Morgan fingerprint density at radius 1 is 1.17 bits per heavy atom. The first-order valence-electron chi connectivity index (χ1n) is 8.61. The molecule has 1 aromatic heterocycles. The third-order valence-electron chi connectivity index (χ3n) is 3.95. The lowest BCUT2D eigenvalue weighted by Gasteiger charge is -2.12. The van der Waals surface area contributed by atoms with Gasteiger partial charge in [0.25, 0.3) is 0 Å². The second kappa shape index (κ2) is 11.0. The molecular weight excluding hydrogens is 290 g/mol. The fourth-order valence-electron chi connectivity index (χ4n) is 2.44. The summed E-state index contributed by atoms with van der Waals surface area (Å²) in [6.45, 7) is 9.74. The zero-order valence-corrected chi connectivity index (χ0v) is 15.4. The van der Waals surface area contributed by atoms with Crippen LogP contribution in [0, 0.1) is 13.8 Å². The molecule has 6 nitrogen and oxygen atoms in total. The number of aliphatic imine (C=N–C) groups is 1. The van der Waals surface area contributed by atoms with Gasteiger partial charge in [-0.1, -0.05) is 13.3 Å². The third kappa shape index (κ3) is 7.03. The second-order valence-corrected chi connectivity index (χ2v) is 5.77. The summed E-state index contributed by atoms with van der Waals surface area (Å²) in [4.78, 5) is 4.25. The molecule has 0 atom stereocenters. The molecule has 0 radical (unpaired) electrons. The average molecular weight is 323 g/mol. The monoisotopic (exact) mass is 323 g/mol. The van der Waals surface area contributed by atoms with Crippen LogP contribution in [0.2, 0.25) is 0 Å². The largest absolute Gasteiger partial charge is 0.381 e. The number of ether oxygens (including phenoxy) is 1. The highest BCUT2D eigenvalue weighted by Gasteiger charge is 2.08. The van der Waals surface area contributed by atoms with Crippen LogP contribution in [-0.2, 0) is 18.2 Å². The Bertz CT molecular complexity index is 482. The quantitative estimate of drug-likeness (QED) is 0.392. The number of aryl methyl sites for hydroxylation is 2. The number of unbranched alkanes of at least 4 members (excludes halogenated alkanes) is 1. The van der Waals surface area contributed by atoms with E-state index in [2.05, 4.69) is 41.5 Å². The Kier molecular flexibility index (Phi) is 9.36. The molecule has 0 spiro atoms. The molecule has 1 aromatic rings. The molecule has 0 aliphatic rings. The molecule has 1 rings (SSSR count). The van der Waals surface area contributed by atoms with Gasteiger partial charge in [0.2, 0.25) is 0 Å². The summed E-state index contributed by atoms with van der Waals surface area (Å²) in [5, 5.41) is 11.1. The van der Waals surface area contributed by atoms with Crippen molar-refractivity contribution in [1.82, 2.24) is 20.4 Å². The van der Waals surface area contributed by atoms with Crippen LogP contribution >= 0.6 is 0 Å². The molecule has 0 saturated carbocycles. The van der Waals surface area contributed by atoms with Crippen molar-refractivity contribution in [3.63, 3.8) is 0 Å². The third-order valence-corrected chi connectivity index (χ3v) is 3.95. The van der Waals surface area contributed by atoms with Crippen molar-refractivity contribution >= 4 is 5.96 Å². The van der Waals surface area contributed by atoms with E-state index in [1.165, 1.54) is 17.7 Å². The number of guanidine groups is 1. The Morgan fingerprint density at radius 2 is 1.87 bits per heavy atom. The van der Waals surface area contributed by atoms with Gasteiger partial charge in [0.15, 0.2) is 5.96 Å². The van der Waals surface area contributed by atoms with Crippen molar-refractivity contribution in [1.29, 1.82) is 0 Å². The predicted octanol–water partition coefficient (Wildman–Crippen LogP) is 1.95. The lowest BCUT2D eigenvalue weighted by molar-refractivity contribution is 0.129. The first-order valence-corrected chi connectivity index (χ1v) is 8.61. The summed E-state index contributed by atoms with van der Waals surface area (Å²) in [6, 6.07) is 0. The van der Waals surface area contributed by atoms with Crippen LogP contribution in [0.15, 0.2) is 4.99 Å². The van der Waals surface area contributed by atoms with Gasteiger partial charge in [0.05, 0.1) is 5.69 Å². The van der Waals surface area contributed by atoms with E-state index < -0.39 is 0 Å². The van der Waals surface area contributed by atoms with Crippen LogP contribution in [0.25, 0.3) is 0 Å². The normalized spacial score (nSPS) is 11.8. The summed E-state index contributed by atoms with van der Waals surface area (Å²) < 4.78 is 7.49. The van der Waals surface area contributed by atoms with Crippen LogP contribution in [0.5, 0.6) is 0 Å². The summed E-state index contributed by atoms with van der Waals surface area (Å²) in [7, 11) is 3.79. The number of aromatic nitrogens is 2. The van der Waals surface area contributed by atoms with Crippen molar-refractivity contribution in [2.24, 2.45) is 12.0 Å². The van der Waals surface area contributed by atoms with E-state index in [9.17, 15) is 0 Å². The highest BCUT2D eigenvalue weighted by molar-refractivity contribution is 5.79. The molecule has 0 aliphatic carbocycles. The molecule has 0 bridgehead atoms. The van der Waals surface area contributed by atoms with Crippen molar-refractivity contribution in [2.45, 2.75) is 46.5 Å². The van der Waals surface area contributed by atoms with E-state index in [1.54, 1.807) is 7.05 Å². The average Bonchev–Trinajstić information content (AvgIpc) is 2.78. The highest BCUT2D eigenvalue weighted by atomic mass is 16.5. The summed E-state index contributed by atoms with van der Waals surface area (Å²) in [5.74, 6) is 0.845. The molecule has 0 aromatic carbocycles. The van der Waals surface area contributed by atoms with E-state index >= 15 is 0 Å². The van der Waals surface area contributed by atoms with E-state index in [1.807, 2.05) is 11.7 Å². The molecule has 0 amide bonds. The zero-order valence-electron chi connectivity index (χ0n) is 15.4. The highest BCUT2D eigenvalue weighted by Crippen LogP contribution is 2.11. The van der Waals surface area contributed by atoms with E-state index in [0.717, 1.165) is 57.2 Å². The van der Waals surface area contributed by atoms with Crippen LogP contribution in [0.1, 0.15) is 43.1 Å².